The molecule has 8 heteroatoms. The monoisotopic (exact) mass is 484 g/mol. The number of carbonyl (C=O) groups is 1. The predicted octanol–water partition coefficient (Wildman–Crippen LogP) is 4.40. The molecule has 0 spiro atoms. The minimum atomic E-state index is 0.114. The summed E-state index contributed by atoms with van der Waals surface area (Å²) in [6.45, 7) is 2.20. The molecule has 1 aromatic heterocycles. The molecular weight excluding hydrogens is 460 g/mol. The summed E-state index contributed by atoms with van der Waals surface area (Å²) in [5.74, 6) is 2.69. The second-order valence-electron chi connectivity index (χ2n) is 8.57. The van der Waals surface area contributed by atoms with E-state index in [0.717, 1.165) is 41.4 Å². The molecule has 35 heavy (non-hydrogen) atoms. The second kappa shape index (κ2) is 9.46. The van der Waals surface area contributed by atoms with Crippen molar-refractivity contribution >= 4 is 17.7 Å². The number of thioether (sulfide) groups is 1. The Bertz CT molecular complexity index is 1370. The van der Waals surface area contributed by atoms with E-state index in [1.165, 1.54) is 22.9 Å². The van der Waals surface area contributed by atoms with Gasteiger partial charge in [-0.2, -0.15) is 0 Å². The number of aromatic nitrogens is 3. The van der Waals surface area contributed by atoms with Crippen molar-refractivity contribution < 1.29 is 14.3 Å². The molecule has 6 rings (SSSR count). The Labute approximate surface area is 207 Å². The molecule has 4 aromatic rings. The summed E-state index contributed by atoms with van der Waals surface area (Å²) >= 11 is 1.43. The van der Waals surface area contributed by atoms with E-state index in [9.17, 15) is 4.79 Å². The van der Waals surface area contributed by atoms with Crippen LogP contribution in [0.3, 0.4) is 0 Å². The lowest BCUT2D eigenvalue weighted by Crippen LogP contribution is -2.37. The summed E-state index contributed by atoms with van der Waals surface area (Å²) in [6.07, 6.45) is 0.894. The molecule has 176 valence electrons. The van der Waals surface area contributed by atoms with Crippen LogP contribution in [-0.2, 0) is 24.3 Å². The van der Waals surface area contributed by atoms with Crippen molar-refractivity contribution in [3.05, 3.63) is 89.5 Å². The van der Waals surface area contributed by atoms with Crippen molar-refractivity contribution in [1.29, 1.82) is 0 Å². The van der Waals surface area contributed by atoms with Crippen molar-refractivity contribution in [2.75, 3.05) is 19.1 Å². The van der Waals surface area contributed by atoms with Gasteiger partial charge in [0.2, 0.25) is 12.7 Å². The van der Waals surface area contributed by atoms with Crippen LogP contribution >= 0.6 is 11.8 Å². The summed E-state index contributed by atoms with van der Waals surface area (Å²) in [4.78, 5) is 15.0. The van der Waals surface area contributed by atoms with Gasteiger partial charge in [0, 0.05) is 18.7 Å². The number of carbonyl (C=O) groups excluding carboxylic acids is 1. The summed E-state index contributed by atoms with van der Waals surface area (Å²) in [6, 6.07) is 24.3. The predicted molar refractivity (Wildman–Crippen MR) is 133 cm³/mol. The lowest BCUT2D eigenvalue weighted by atomic mass is 10.00. The van der Waals surface area contributed by atoms with Gasteiger partial charge in [-0.3, -0.25) is 9.36 Å². The maximum Gasteiger partial charge on any atom is 0.233 e. The Hall–Kier alpha value is -3.78. The fourth-order valence-corrected chi connectivity index (χ4v) is 5.33. The molecule has 0 fully saturated rings. The van der Waals surface area contributed by atoms with Crippen LogP contribution in [0.5, 0.6) is 11.5 Å². The number of nitrogens with zero attached hydrogens (tertiary/aromatic N) is 4. The van der Waals surface area contributed by atoms with Gasteiger partial charge in [-0.25, -0.2) is 0 Å². The van der Waals surface area contributed by atoms with E-state index in [4.69, 9.17) is 9.47 Å². The number of rotatable bonds is 6. The average Bonchev–Trinajstić information content (AvgIpc) is 3.54. The van der Waals surface area contributed by atoms with Gasteiger partial charge in [0.15, 0.2) is 22.5 Å². The fraction of sp³-hybridized carbons (Fsp3) is 0.222. The Morgan fingerprint density at radius 2 is 1.71 bits per heavy atom. The molecule has 2 aliphatic heterocycles. The van der Waals surface area contributed by atoms with Crippen LogP contribution in [-0.4, -0.2) is 44.7 Å². The van der Waals surface area contributed by atoms with E-state index < -0.39 is 0 Å². The highest BCUT2D eigenvalue weighted by atomic mass is 32.2. The van der Waals surface area contributed by atoms with E-state index in [1.54, 1.807) is 0 Å². The molecule has 0 bridgehead atoms. The van der Waals surface area contributed by atoms with Crippen molar-refractivity contribution in [3.8, 4) is 22.9 Å². The summed E-state index contributed by atoms with van der Waals surface area (Å²) in [5, 5.41) is 9.67. The van der Waals surface area contributed by atoms with E-state index in [-0.39, 0.29) is 12.7 Å². The zero-order valence-electron chi connectivity index (χ0n) is 19.1. The Kier molecular flexibility index (Phi) is 5.88. The summed E-state index contributed by atoms with van der Waals surface area (Å²) < 4.78 is 13.1. The molecule has 0 aliphatic carbocycles. The topological polar surface area (TPSA) is 69.5 Å². The van der Waals surface area contributed by atoms with Crippen molar-refractivity contribution in [2.45, 2.75) is 24.7 Å². The van der Waals surface area contributed by atoms with Gasteiger partial charge in [0.1, 0.15) is 0 Å². The number of hydrogen-bond donors (Lipinski definition) is 0. The molecule has 2 aliphatic rings. The quantitative estimate of drug-likeness (QED) is 0.378. The smallest absolute Gasteiger partial charge is 0.233 e. The number of ether oxygens (including phenoxy) is 2. The van der Waals surface area contributed by atoms with Crippen molar-refractivity contribution in [2.24, 2.45) is 0 Å². The minimum absolute atomic E-state index is 0.114. The summed E-state index contributed by atoms with van der Waals surface area (Å²) in [7, 11) is 0. The van der Waals surface area contributed by atoms with Gasteiger partial charge in [0.05, 0.1) is 12.3 Å². The number of amides is 1. The minimum Gasteiger partial charge on any atom is -0.454 e. The number of fused-ring (bicyclic) bond motifs is 2. The Balaban J connectivity index is 1.23. The van der Waals surface area contributed by atoms with Crippen LogP contribution in [0.25, 0.3) is 11.4 Å². The SMILES string of the molecule is O=C(CSc1nnc(-c2ccccc2)n1Cc1ccc2c(c1)OCO2)N1CCc2ccccc2C1. The largest absolute Gasteiger partial charge is 0.454 e. The lowest BCUT2D eigenvalue weighted by Gasteiger charge is -2.28. The van der Waals surface area contributed by atoms with Gasteiger partial charge < -0.3 is 14.4 Å². The maximum atomic E-state index is 13.1. The third-order valence-electron chi connectivity index (χ3n) is 6.33. The first-order valence-corrected chi connectivity index (χ1v) is 12.6. The molecule has 1 amide bonds. The van der Waals surface area contributed by atoms with Crippen LogP contribution in [0.1, 0.15) is 16.7 Å². The first kappa shape index (κ1) is 21.7. The summed E-state index contributed by atoms with van der Waals surface area (Å²) in [5.41, 5.74) is 4.59. The Morgan fingerprint density at radius 1 is 0.914 bits per heavy atom. The molecule has 3 heterocycles. The van der Waals surface area contributed by atoms with Gasteiger partial charge >= 0.3 is 0 Å². The van der Waals surface area contributed by atoms with Crippen LogP contribution in [0.15, 0.2) is 78.0 Å². The molecule has 7 nitrogen and oxygen atoms in total. The number of benzene rings is 3. The molecule has 3 aromatic carbocycles. The standard InChI is InChI=1S/C27H24N4O3S/c32-25(30-13-12-20-6-4-5-9-22(20)16-30)17-35-27-29-28-26(21-7-2-1-3-8-21)31(27)15-19-10-11-23-24(14-19)34-18-33-23/h1-11,14H,12-13,15-18H2. The average molecular weight is 485 g/mol. The molecular formula is C27H24N4O3S. The molecule has 0 atom stereocenters. The third-order valence-corrected chi connectivity index (χ3v) is 7.29. The van der Waals surface area contributed by atoms with Crippen molar-refractivity contribution in [3.63, 3.8) is 0 Å². The zero-order valence-corrected chi connectivity index (χ0v) is 19.9. The number of hydrogen-bond acceptors (Lipinski definition) is 6. The highest BCUT2D eigenvalue weighted by Gasteiger charge is 2.23. The van der Waals surface area contributed by atoms with E-state index in [1.807, 2.05) is 59.5 Å². The van der Waals surface area contributed by atoms with Gasteiger partial charge in [-0.15, -0.1) is 10.2 Å². The van der Waals surface area contributed by atoms with Gasteiger partial charge in [-0.1, -0.05) is 72.4 Å². The lowest BCUT2D eigenvalue weighted by molar-refractivity contribution is -0.129. The first-order chi connectivity index (χ1) is 17.2. The highest BCUT2D eigenvalue weighted by Crippen LogP contribution is 2.34. The second-order valence-corrected chi connectivity index (χ2v) is 9.51. The third kappa shape index (κ3) is 4.49. The first-order valence-electron chi connectivity index (χ1n) is 11.6. The van der Waals surface area contributed by atoms with E-state index >= 15 is 0 Å². The fourth-order valence-electron chi connectivity index (χ4n) is 4.49. The van der Waals surface area contributed by atoms with Crippen LogP contribution < -0.4 is 9.47 Å². The van der Waals surface area contributed by atoms with Crippen LogP contribution in [0.4, 0.5) is 0 Å². The zero-order chi connectivity index (χ0) is 23.6. The molecule has 0 N–H and O–H groups in total. The maximum absolute atomic E-state index is 13.1. The van der Waals surface area contributed by atoms with E-state index in [0.29, 0.717) is 24.0 Å². The van der Waals surface area contributed by atoms with Gasteiger partial charge in [-0.05, 0) is 35.2 Å². The molecule has 0 saturated carbocycles. The molecule has 0 radical (unpaired) electrons. The van der Waals surface area contributed by atoms with Crippen LogP contribution in [0.2, 0.25) is 0 Å². The van der Waals surface area contributed by atoms with E-state index in [2.05, 4.69) is 33.0 Å². The molecule has 0 saturated heterocycles. The Morgan fingerprint density at radius 3 is 2.60 bits per heavy atom. The normalized spacial score (nSPS) is 14.1. The van der Waals surface area contributed by atoms with Gasteiger partial charge in [0.25, 0.3) is 0 Å². The molecule has 0 unspecified atom stereocenters. The van der Waals surface area contributed by atoms with Crippen LogP contribution in [0, 0.1) is 0 Å². The highest BCUT2D eigenvalue weighted by molar-refractivity contribution is 7.99. The van der Waals surface area contributed by atoms with Crippen molar-refractivity contribution in [1.82, 2.24) is 19.7 Å².